The van der Waals surface area contributed by atoms with Crippen molar-refractivity contribution < 1.29 is 53.7 Å². The van der Waals surface area contributed by atoms with E-state index >= 15 is 0 Å². The number of hydrogen-bond donors (Lipinski definition) is 10. The molecule has 1 aromatic heterocycles. The molecule has 0 saturated heterocycles. The summed E-state index contributed by atoms with van der Waals surface area (Å²) < 4.78 is 0. The number of fused-ring (bicyclic) bond motifs is 1. The second-order valence-electron chi connectivity index (χ2n) is 11.4. The van der Waals surface area contributed by atoms with E-state index in [2.05, 4.69) is 26.3 Å². The number of nitrogens with one attached hydrogen (secondary N) is 5. The van der Waals surface area contributed by atoms with Crippen LogP contribution < -0.4 is 32.7 Å². The van der Waals surface area contributed by atoms with E-state index in [0.29, 0.717) is 5.75 Å². The van der Waals surface area contributed by atoms with Crippen molar-refractivity contribution in [2.45, 2.75) is 81.6 Å². The van der Waals surface area contributed by atoms with E-state index < -0.39 is 103 Å². The lowest BCUT2D eigenvalue weighted by Gasteiger charge is -2.26. The first kappa shape index (κ1) is 41.0. The van der Waals surface area contributed by atoms with Gasteiger partial charge in [0.1, 0.15) is 24.2 Å². The van der Waals surface area contributed by atoms with Crippen LogP contribution in [-0.2, 0) is 44.8 Å². The maximum atomic E-state index is 13.4. The summed E-state index contributed by atoms with van der Waals surface area (Å²) in [6, 6.07) is 0.159. The van der Waals surface area contributed by atoms with Crippen molar-refractivity contribution in [3.05, 3.63) is 36.0 Å². The number of carboxylic acids is 3. The number of aliphatic carboxylic acids is 3. The molecule has 0 saturated carbocycles. The van der Waals surface area contributed by atoms with Gasteiger partial charge in [-0.05, 0) is 55.7 Å². The van der Waals surface area contributed by atoms with Crippen LogP contribution in [-0.4, -0.2) is 110 Å². The minimum Gasteiger partial charge on any atom is -0.481 e. The summed E-state index contributed by atoms with van der Waals surface area (Å²) in [4.78, 5) is 102. The van der Waals surface area contributed by atoms with Crippen molar-refractivity contribution in [1.82, 2.24) is 26.3 Å². The number of primary amides is 1. The Kier molecular flexibility index (Phi) is 16.7. The highest BCUT2D eigenvalue weighted by atomic mass is 32.2. The fraction of sp³-hybridized carbons (Fsp3) is 0.484. The minimum absolute atomic E-state index is 0.0307. The highest BCUT2D eigenvalue weighted by Crippen LogP contribution is 2.19. The third-order valence-electron chi connectivity index (χ3n) is 7.55. The third kappa shape index (κ3) is 13.7. The van der Waals surface area contributed by atoms with Crippen molar-refractivity contribution >= 4 is 70.1 Å². The highest BCUT2D eigenvalue weighted by molar-refractivity contribution is 7.98. The maximum absolute atomic E-state index is 13.4. The average molecular weight is 722 g/mol. The molecule has 50 heavy (non-hydrogen) atoms. The molecule has 1 heterocycles. The summed E-state index contributed by atoms with van der Waals surface area (Å²) in [7, 11) is 0. The molecule has 1 aromatic carbocycles. The second kappa shape index (κ2) is 20.4. The molecule has 5 unspecified atom stereocenters. The molecule has 0 fully saturated rings. The Labute approximate surface area is 290 Å². The lowest BCUT2D eigenvalue weighted by atomic mass is 10.0. The quantitative estimate of drug-likeness (QED) is 0.0646. The van der Waals surface area contributed by atoms with E-state index in [9.17, 15) is 53.7 Å². The van der Waals surface area contributed by atoms with E-state index in [-0.39, 0.29) is 25.7 Å². The smallest absolute Gasteiger partial charge is 0.326 e. The molecule has 0 spiro atoms. The lowest BCUT2D eigenvalue weighted by Crippen LogP contribution is -2.58. The normalized spacial score (nSPS) is 14.0. The van der Waals surface area contributed by atoms with E-state index in [1.165, 1.54) is 11.8 Å². The van der Waals surface area contributed by atoms with E-state index in [1.54, 1.807) is 12.5 Å². The van der Waals surface area contributed by atoms with Gasteiger partial charge in [-0.15, -0.1) is 0 Å². The number of carboxylic acid groups (broad SMARTS) is 3. The third-order valence-corrected chi connectivity index (χ3v) is 8.19. The van der Waals surface area contributed by atoms with Crippen LogP contribution in [0.3, 0.4) is 0 Å². The van der Waals surface area contributed by atoms with Crippen molar-refractivity contribution in [3.63, 3.8) is 0 Å². The first-order valence-corrected chi connectivity index (χ1v) is 17.0. The SMILES string of the molecule is CSCCC(NC(=O)C(CCC(=O)O)NC(=O)C(CCC(=O)O)NC(=O)C(CCC(N)=O)NC(=O)C(N)Cc1c[nH]c2ccccc12)C(=O)O. The van der Waals surface area contributed by atoms with Gasteiger partial charge < -0.3 is 53.0 Å². The number of para-hydroxylation sites is 1. The molecule has 2 rings (SSSR count). The predicted molar refractivity (Wildman–Crippen MR) is 181 cm³/mol. The van der Waals surface area contributed by atoms with Crippen molar-refractivity contribution in [3.8, 4) is 0 Å². The largest absolute Gasteiger partial charge is 0.481 e. The molecule has 274 valence electrons. The maximum Gasteiger partial charge on any atom is 0.326 e. The van der Waals surface area contributed by atoms with Crippen LogP contribution >= 0.6 is 11.8 Å². The van der Waals surface area contributed by atoms with Crippen molar-refractivity contribution in [2.24, 2.45) is 11.5 Å². The van der Waals surface area contributed by atoms with Gasteiger partial charge in [0.15, 0.2) is 0 Å². The standard InChI is InChI=1S/C31H43N7O11S/c1-50-13-12-23(31(48)49)38-30(47)22(8-11-26(42)43)37-29(46)21(7-10-25(40)41)36-28(45)20(6-9-24(33)39)35-27(44)18(32)14-16-15-34-19-5-3-2-4-17(16)19/h2-5,15,18,20-23,34H,6-14,32H2,1H3,(H2,33,39)(H,35,44)(H,36,45)(H,37,46)(H,38,47)(H,40,41)(H,42,43)(H,48,49). The molecule has 0 radical (unpaired) electrons. The van der Waals surface area contributed by atoms with Crippen molar-refractivity contribution in [2.75, 3.05) is 12.0 Å². The lowest BCUT2D eigenvalue weighted by molar-refractivity contribution is -0.143. The van der Waals surface area contributed by atoms with Crippen LogP contribution in [0, 0.1) is 0 Å². The van der Waals surface area contributed by atoms with Crippen LogP contribution in [0.15, 0.2) is 30.5 Å². The summed E-state index contributed by atoms with van der Waals surface area (Å²) in [6.45, 7) is 0. The molecule has 0 bridgehead atoms. The van der Waals surface area contributed by atoms with Gasteiger partial charge in [-0.25, -0.2) is 4.79 Å². The predicted octanol–water partition coefficient (Wildman–Crippen LogP) is -1.19. The molecule has 18 nitrogen and oxygen atoms in total. The van der Waals surface area contributed by atoms with Crippen LogP contribution in [0.2, 0.25) is 0 Å². The molecule has 19 heteroatoms. The Morgan fingerprint density at radius 1 is 0.720 bits per heavy atom. The van der Waals surface area contributed by atoms with Gasteiger partial charge in [-0.2, -0.15) is 11.8 Å². The number of amides is 5. The Bertz CT molecular complexity index is 1550. The Morgan fingerprint density at radius 2 is 1.20 bits per heavy atom. The topological polar surface area (TPSA) is 313 Å². The number of carbonyl (C=O) groups is 8. The van der Waals surface area contributed by atoms with E-state index in [0.717, 1.165) is 16.5 Å². The van der Waals surface area contributed by atoms with E-state index in [4.69, 9.17) is 11.5 Å². The minimum atomic E-state index is -1.63. The molecule has 0 aliphatic rings. The number of rotatable bonds is 23. The zero-order chi connectivity index (χ0) is 37.4. The molecule has 5 atom stereocenters. The number of benzene rings is 1. The monoisotopic (exact) mass is 721 g/mol. The first-order chi connectivity index (χ1) is 23.6. The number of thioether (sulfide) groups is 1. The van der Waals surface area contributed by atoms with Gasteiger partial charge >= 0.3 is 17.9 Å². The van der Waals surface area contributed by atoms with Gasteiger partial charge in [-0.1, -0.05) is 18.2 Å². The number of carbonyl (C=O) groups excluding carboxylic acids is 5. The van der Waals surface area contributed by atoms with Crippen molar-refractivity contribution in [1.29, 1.82) is 0 Å². The number of hydrogen-bond acceptors (Lipinski definition) is 10. The molecular formula is C31H43N7O11S. The number of aromatic nitrogens is 1. The summed E-state index contributed by atoms with van der Waals surface area (Å²) in [5.74, 6) is -8.31. The number of H-pyrrole nitrogens is 1. The first-order valence-electron chi connectivity index (χ1n) is 15.6. The molecule has 2 aromatic rings. The zero-order valence-corrected chi connectivity index (χ0v) is 28.1. The van der Waals surface area contributed by atoms with E-state index in [1.807, 2.05) is 24.3 Å². The zero-order valence-electron chi connectivity index (χ0n) is 27.3. The van der Waals surface area contributed by atoms with Gasteiger partial charge in [0.05, 0.1) is 6.04 Å². The van der Waals surface area contributed by atoms with Crippen LogP contribution in [0.5, 0.6) is 0 Å². The average Bonchev–Trinajstić information content (AvgIpc) is 3.46. The molecule has 0 aliphatic heterocycles. The second-order valence-corrected chi connectivity index (χ2v) is 12.4. The number of nitrogens with two attached hydrogens (primary N) is 2. The summed E-state index contributed by atoms with van der Waals surface area (Å²) in [5.41, 5.74) is 13.0. The fourth-order valence-corrected chi connectivity index (χ4v) is 5.32. The highest BCUT2D eigenvalue weighted by Gasteiger charge is 2.32. The van der Waals surface area contributed by atoms with Gasteiger partial charge in [-0.3, -0.25) is 33.6 Å². The Hall–Kier alpha value is -5.17. The molecular weight excluding hydrogens is 678 g/mol. The molecule has 5 amide bonds. The summed E-state index contributed by atoms with van der Waals surface area (Å²) >= 11 is 1.33. The Balaban J connectivity index is 2.25. The fourth-order valence-electron chi connectivity index (χ4n) is 4.85. The van der Waals surface area contributed by atoms with Crippen LogP contribution in [0.1, 0.15) is 50.5 Å². The van der Waals surface area contributed by atoms with Gasteiger partial charge in [0.2, 0.25) is 29.5 Å². The molecule has 0 aliphatic carbocycles. The summed E-state index contributed by atoms with van der Waals surface area (Å²) in [6.07, 6.45) is 0.655. The molecule has 12 N–H and O–H groups in total. The number of aromatic amines is 1. The van der Waals surface area contributed by atoms with Crippen LogP contribution in [0.25, 0.3) is 10.9 Å². The van der Waals surface area contributed by atoms with Crippen LogP contribution in [0.4, 0.5) is 0 Å². The summed E-state index contributed by atoms with van der Waals surface area (Å²) in [5, 5.41) is 38.1. The van der Waals surface area contributed by atoms with Gasteiger partial charge in [0, 0.05) is 36.4 Å². The van der Waals surface area contributed by atoms with Gasteiger partial charge in [0.25, 0.3) is 0 Å². The Morgan fingerprint density at radius 3 is 1.68 bits per heavy atom.